The first-order valence-corrected chi connectivity index (χ1v) is 6.08. The van der Waals surface area contributed by atoms with Gasteiger partial charge in [0.05, 0.1) is 0 Å². The second kappa shape index (κ2) is 9.72. The van der Waals surface area contributed by atoms with Crippen LogP contribution in [-0.2, 0) is 0 Å². The van der Waals surface area contributed by atoms with Crippen LogP contribution in [0.2, 0.25) is 0 Å². The molecule has 0 amide bonds. The van der Waals surface area contributed by atoms with Crippen molar-refractivity contribution in [2.24, 2.45) is 0 Å². The number of hydrogen-bond acceptors (Lipinski definition) is 1. The standard InChI is InChI=1S/C12H19N.C2H6/c1-3-11(9-10-13-2)12-7-5-4-6-8-12;1-2/h4-8,11,13H,3,9-10H2,1-2H3;1-2H3. The van der Waals surface area contributed by atoms with Gasteiger partial charge in [-0.25, -0.2) is 0 Å². The molecule has 0 aliphatic heterocycles. The molecule has 0 spiro atoms. The first-order chi connectivity index (χ1) is 7.38. The Hall–Kier alpha value is -0.820. The lowest BCUT2D eigenvalue weighted by atomic mass is 9.93. The van der Waals surface area contributed by atoms with Crippen molar-refractivity contribution in [1.82, 2.24) is 5.32 Å². The maximum absolute atomic E-state index is 3.20. The van der Waals surface area contributed by atoms with Gasteiger partial charge in [0.25, 0.3) is 0 Å². The highest BCUT2D eigenvalue weighted by atomic mass is 14.8. The average Bonchev–Trinajstić information content (AvgIpc) is 2.34. The van der Waals surface area contributed by atoms with Gasteiger partial charge in [0, 0.05) is 0 Å². The van der Waals surface area contributed by atoms with Crippen molar-refractivity contribution >= 4 is 0 Å². The van der Waals surface area contributed by atoms with Crippen molar-refractivity contribution < 1.29 is 0 Å². The molecule has 0 aliphatic rings. The molecule has 1 N–H and O–H groups in total. The summed E-state index contributed by atoms with van der Waals surface area (Å²) >= 11 is 0. The molecule has 1 rings (SSSR count). The first kappa shape index (κ1) is 14.2. The van der Waals surface area contributed by atoms with E-state index < -0.39 is 0 Å². The molecule has 1 nitrogen and oxygen atoms in total. The van der Waals surface area contributed by atoms with Crippen molar-refractivity contribution in [3.8, 4) is 0 Å². The van der Waals surface area contributed by atoms with Gasteiger partial charge in [-0.2, -0.15) is 0 Å². The number of hydrogen-bond donors (Lipinski definition) is 1. The van der Waals surface area contributed by atoms with Gasteiger partial charge in [-0.3, -0.25) is 0 Å². The number of nitrogens with one attached hydrogen (secondary N) is 1. The number of benzene rings is 1. The Labute approximate surface area is 94.9 Å². The minimum atomic E-state index is 0.716. The highest BCUT2D eigenvalue weighted by molar-refractivity contribution is 5.19. The normalized spacial score (nSPS) is 11.5. The minimum Gasteiger partial charge on any atom is -0.320 e. The molecule has 15 heavy (non-hydrogen) atoms. The highest BCUT2D eigenvalue weighted by Gasteiger charge is 2.06. The van der Waals surface area contributed by atoms with Crippen LogP contribution in [0.15, 0.2) is 30.3 Å². The van der Waals surface area contributed by atoms with Crippen molar-refractivity contribution in [3.63, 3.8) is 0 Å². The van der Waals surface area contributed by atoms with E-state index in [1.54, 1.807) is 0 Å². The fraction of sp³-hybridized carbons (Fsp3) is 0.571. The number of rotatable bonds is 5. The average molecular weight is 207 g/mol. The molecular formula is C14H25N. The van der Waals surface area contributed by atoms with Crippen molar-refractivity contribution in [2.45, 2.75) is 39.5 Å². The molecule has 0 bridgehead atoms. The molecule has 0 aliphatic carbocycles. The maximum Gasteiger partial charge on any atom is -0.00461 e. The molecule has 86 valence electrons. The van der Waals surface area contributed by atoms with Gasteiger partial charge in [-0.1, -0.05) is 51.1 Å². The van der Waals surface area contributed by atoms with Crippen LogP contribution in [0.5, 0.6) is 0 Å². The smallest absolute Gasteiger partial charge is 0.00461 e. The Morgan fingerprint density at radius 2 is 1.73 bits per heavy atom. The Bertz CT molecular complexity index is 218. The summed E-state index contributed by atoms with van der Waals surface area (Å²) in [5.41, 5.74) is 1.47. The van der Waals surface area contributed by atoms with Crippen LogP contribution in [-0.4, -0.2) is 13.6 Å². The van der Waals surface area contributed by atoms with Gasteiger partial charge in [0.15, 0.2) is 0 Å². The van der Waals surface area contributed by atoms with E-state index in [-0.39, 0.29) is 0 Å². The van der Waals surface area contributed by atoms with E-state index in [1.165, 1.54) is 18.4 Å². The van der Waals surface area contributed by atoms with E-state index >= 15 is 0 Å². The molecular weight excluding hydrogens is 182 g/mol. The van der Waals surface area contributed by atoms with Gasteiger partial charge >= 0.3 is 0 Å². The molecule has 1 unspecified atom stereocenters. The predicted octanol–water partition coefficient (Wildman–Crippen LogP) is 3.82. The molecule has 0 saturated carbocycles. The second-order valence-electron chi connectivity index (χ2n) is 3.41. The van der Waals surface area contributed by atoms with Crippen LogP contribution < -0.4 is 5.32 Å². The molecule has 0 heterocycles. The Balaban J connectivity index is 0.000000921. The van der Waals surface area contributed by atoms with Crippen molar-refractivity contribution in [3.05, 3.63) is 35.9 Å². The van der Waals surface area contributed by atoms with Crippen LogP contribution in [0.4, 0.5) is 0 Å². The summed E-state index contributed by atoms with van der Waals surface area (Å²) in [4.78, 5) is 0. The Morgan fingerprint density at radius 3 is 2.20 bits per heavy atom. The fourth-order valence-corrected chi connectivity index (χ4v) is 1.65. The summed E-state index contributed by atoms with van der Waals surface area (Å²) in [6.07, 6.45) is 2.46. The largest absolute Gasteiger partial charge is 0.320 e. The quantitative estimate of drug-likeness (QED) is 0.774. The summed E-state index contributed by atoms with van der Waals surface area (Å²) in [7, 11) is 2.01. The SMILES string of the molecule is CC.CCC(CCNC)c1ccccc1. The Kier molecular flexibility index (Phi) is 9.19. The van der Waals surface area contributed by atoms with E-state index in [4.69, 9.17) is 0 Å². The van der Waals surface area contributed by atoms with Crippen LogP contribution in [0.1, 0.15) is 45.1 Å². The van der Waals surface area contributed by atoms with Gasteiger partial charge in [-0.05, 0) is 37.9 Å². The third-order valence-corrected chi connectivity index (χ3v) is 2.51. The van der Waals surface area contributed by atoms with Gasteiger partial charge in [0.1, 0.15) is 0 Å². The lowest BCUT2D eigenvalue weighted by Crippen LogP contribution is -2.11. The van der Waals surface area contributed by atoms with Crippen molar-refractivity contribution in [1.29, 1.82) is 0 Å². The summed E-state index contributed by atoms with van der Waals surface area (Å²) in [5, 5.41) is 3.20. The zero-order valence-electron chi connectivity index (χ0n) is 10.6. The zero-order chi connectivity index (χ0) is 11.5. The van der Waals surface area contributed by atoms with Gasteiger partial charge in [-0.15, -0.1) is 0 Å². The van der Waals surface area contributed by atoms with E-state index in [2.05, 4.69) is 42.6 Å². The minimum absolute atomic E-state index is 0.716. The maximum atomic E-state index is 3.20. The zero-order valence-corrected chi connectivity index (χ0v) is 10.6. The summed E-state index contributed by atoms with van der Waals surface area (Å²) in [6.45, 7) is 7.36. The first-order valence-electron chi connectivity index (χ1n) is 6.08. The highest BCUT2D eigenvalue weighted by Crippen LogP contribution is 2.21. The summed E-state index contributed by atoms with van der Waals surface area (Å²) < 4.78 is 0. The predicted molar refractivity (Wildman–Crippen MR) is 69.4 cm³/mol. The summed E-state index contributed by atoms with van der Waals surface area (Å²) in [6, 6.07) is 10.8. The van der Waals surface area contributed by atoms with Crippen LogP contribution in [0.3, 0.4) is 0 Å². The molecule has 1 aromatic rings. The lowest BCUT2D eigenvalue weighted by molar-refractivity contribution is 0.581. The molecule has 0 fully saturated rings. The van der Waals surface area contributed by atoms with Crippen LogP contribution in [0.25, 0.3) is 0 Å². The monoisotopic (exact) mass is 207 g/mol. The van der Waals surface area contributed by atoms with Gasteiger partial charge in [0.2, 0.25) is 0 Å². The Morgan fingerprint density at radius 1 is 1.13 bits per heavy atom. The molecule has 1 atom stereocenters. The lowest BCUT2D eigenvalue weighted by Gasteiger charge is -2.14. The second-order valence-corrected chi connectivity index (χ2v) is 3.41. The van der Waals surface area contributed by atoms with E-state index in [9.17, 15) is 0 Å². The van der Waals surface area contributed by atoms with Gasteiger partial charge < -0.3 is 5.32 Å². The molecule has 0 aromatic heterocycles. The fourth-order valence-electron chi connectivity index (χ4n) is 1.65. The van der Waals surface area contributed by atoms with E-state index in [0.29, 0.717) is 5.92 Å². The van der Waals surface area contributed by atoms with Crippen molar-refractivity contribution in [2.75, 3.05) is 13.6 Å². The third kappa shape index (κ3) is 5.58. The van der Waals surface area contributed by atoms with Crippen LogP contribution in [0, 0.1) is 0 Å². The third-order valence-electron chi connectivity index (χ3n) is 2.51. The molecule has 1 aromatic carbocycles. The topological polar surface area (TPSA) is 12.0 Å². The molecule has 1 heteroatoms. The summed E-state index contributed by atoms with van der Waals surface area (Å²) in [5.74, 6) is 0.716. The van der Waals surface area contributed by atoms with E-state index in [0.717, 1.165) is 6.54 Å². The van der Waals surface area contributed by atoms with E-state index in [1.807, 2.05) is 20.9 Å². The molecule has 0 saturated heterocycles. The van der Waals surface area contributed by atoms with Crippen LogP contribution >= 0.6 is 0 Å². The molecule has 0 radical (unpaired) electrons.